The second-order valence-corrected chi connectivity index (χ2v) is 5.97. The molecule has 4 N–H and O–H groups in total. The van der Waals surface area contributed by atoms with Crippen LogP contribution in [0.2, 0.25) is 0 Å². The fourth-order valence-corrected chi connectivity index (χ4v) is 2.44. The third-order valence-corrected chi connectivity index (χ3v) is 3.83. The van der Waals surface area contributed by atoms with Crippen molar-refractivity contribution in [2.24, 2.45) is 5.73 Å². The second kappa shape index (κ2) is 9.59. The topological polar surface area (TPSA) is 84.2 Å². The molecular formula is C20H25N3O2. The zero-order valence-corrected chi connectivity index (χ0v) is 14.5. The molecule has 132 valence electrons. The number of amides is 2. The molecule has 2 amide bonds. The fourth-order valence-electron chi connectivity index (χ4n) is 2.44. The van der Waals surface area contributed by atoms with E-state index in [2.05, 4.69) is 10.6 Å². The standard InChI is InChI=1S/C20H25N3O2/c1-2-11-22-19(24)17-10-6-9-16(12-17)14-23-20(25)18(21)13-15-7-4-3-5-8-15/h3-10,12,18H,2,11,13-14,21H2,1H3,(H,22,24)(H,23,25)/t18-/m0/s1. The van der Waals surface area contributed by atoms with Crippen molar-refractivity contribution in [3.8, 4) is 0 Å². The molecule has 0 radical (unpaired) electrons. The van der Waals surface area contributed by atoms with E-state index >= 15 is 0 Å². The van der Waals surface area contributed by atoms with Gasteiger partial charge >= 0.3 is 0 Å². The highest BCUT2D eigenvalue weighted by molar-refractivity contribution is 5.94. The van der Waals surface area contributed by atoms with Crippen LogP contribution in [0.4, 0.5) is 0 Å². The Morgan fingerprint density at radius 3 is 2.44 bits per heavy atom. The van der Waals surface area contributed by atoms with Gasteiger partial charge in [0.2, 0.25) is 5.91 Å². The minimum Gasteiger partial charge on any atom is -0.352 e. The van der Waals surface area contributed by atoms with Crippen molar-refractivity contribution in [2.75, 3.05) is 6.54 Å². The van der Waals surface area contributed by atoms with E-state index in [4.69, 9.17) is 5.73 Å². The first-order valence-electron chi connectivity index (χ1n) is 8.54. The summed E-state index contributed by atoms with van der Waals surface area (Å²) >= 11 is 0. The summed E-state index contributed by atoms with van der Waals surface area (Å²) in [6.07, 6.45) is 1.38. The van der Waals surface area contributed by atoms with Gasteiger partial charge in [0.05, 0.1) is 6.04 Å². The van der Waals surface area contributed by atoms with Crippen LogP contribution in [0.25, 0.3) is 0 Å². The maximum absolute atomic E-state index is 12.2. The number of benzene rings is 2. The number of hydrogen-bond acceptors (Lipinski definition) is 3. The molecule has 0 aliphatic rings. The molecule has 0 aliphatic carbocycles. The zero-order chi connectivity index (χ0) is 18.1. The Morgan fingerprint density at radius 1 is 1.00 bits per heavy atom. The van der Waals surface area contributed by atoms with Crippen molar-refractivity contribution < 1.29 is 9.59 Å². The van der Waals surface area contributed by atoms with Gasteiger partial charge in [-0.1, -0.05) is 49.4 Å². The van der Waals surface area contributed by atoms with Crippen molar-refractivity contribution in [1.82, 2.24) is 10.6 Å². The van der Waals surface area contributed by atoms with E-state index in [1.54, 1.807) is 12.1 Å². The SMILES string of the molecule is CCCNC(=O)c1cccc(CNC(=O)[C@@H](N)Cc2ccccc2)c1. The molecule has 0 bridgehead atoms. The van der Waals surface area contributed by atoms with Gasteiger partial charge in [-0.2, -0.15) is 0 Å². The van der Waals surface area contributed by atoms with Crippen LogP contribution in [-0.2, 0) is 17.8 Å². The highest BCUT2D eigenvalue weighted by Gasteiger charge is 2.14. The molecule has 0 spiro atoms. The molecule has 0 saturated carbocycles. The summed E-state index contributed by atoms with van der Waals surface area (Å²) < 4.78 is 0. The van der Waals surface area contributed by atoms with Gasteiger partial charge in [0.25, 0.3) is 5.91 Å². The van der Waals surface area contributed by atoms with Crippen molar-refractivity contribution in [2.45, 2.75) is 32.4 Å². The molecule has 5 heteroatoms. The Balaban J connectivity index is 1.87. The van der Waals surface area contributed by atoms with E-state index in [0.29, 0.717) is 25.1 Å². The van der Waals surface area contributed by atoms with E-state index in [-0.39, 0.29) is 11.8 Å². The van der Waals surface area contributed by atoms with E-state index in [1.807, 2.05) is 49.4 Å². The lowest BCUT2D eigenvalue weighted by Gasteiger charge is -2.13. The van der Waals surface area contributed by atoms with Gasteiger partial charge in [0, 0.05) is 18.7 Å². The quantitative estimate of drug-likeness (QED) is 0.688. The lowest BCUT2D eigenvalue weighted by molar-refractivity contribution is -0.122. The van der Waals surface area contributed by atoms with Gasteiger partial charge in [-0.25, -0.2) is 0 Å². The van der Waals surface area contributed by atoms with Gasteiger partial charge < -0.3 is 16.4 Å². The number of carbonyl (C=O) groups excluding carboxylic acids is 2. The molecule has 1 atom stereocenters. The number of carbonyl (C=O) groups is 2. The fraction of sp³-hybridized carbons (Fsp3) is 0.300. The monoisotopic (exact) mass is 339 g/mol. The average molecular weight is 339 g/mol. The summed E-state index contributed by atoms with van der Waals surface area (Å²) in [7, 11) is 0. The molecule has 2 aromatic rings. The number of nitrogens with one attached hydrogen (secondary N) is 2. The van der Waals surface area contributed by atoms with E-state index < -0.39 is 6.04 Å². The summed E-state index contributed by atoms with van der Waals surface area (Å²) in [5.41, 5.74) is 8.45. The Hall–Kier alpha value is -2.66. The average Bonchev–Trinajstić information content (AvgIpc) is 2.65. The van der Waals surface area contributed by atoms with Crippen LogP contribution in [0.5, 0.6) is 0 Å². The smallest absolute Gasteiger partial charge is 0.251 e. The van der Waals surface area contributed by atoms with Crippen LogP contribution >= 0.6 is 0 Å². The summed E-state index contributed by atoms with van der Waals surface area (Å²) in [5, 5.41) is 5.67. The molecule has 25 heavy (non-hydrogen) atoms. The van der Waals surface area contributed by atoms with Gasteiger partial charge in [-0.15, -0.1) is 0 Å². The largest absolute Gasteiger partial charge is 0.352 e. The third kappa shape index (κ3) is 6.04. The normalized spacial score (nSPS) is 11.6. The van der Waals surface area contributed by atoms with Crippen LogP contribution in [0.3, 0.4) is 0 Å². The Bertz CT molecular complexity index is 701. The maximum Gasteiger partial charge on any atom is 0.251 e. The molecule has 0 fully saturated rings. The highest BCUT2D eigenvalue weighted by atomic mass is 16.2. The van der Waals surface area contributed by atoms with Gasteiger partial charge in [-0.3, -0.25) is 9.59 Å². The van der Waals surface area contributed by atoms with Crippen LogP contribution < -0.4 is 16.4 Å². The van der Waals surface area contributed by atoms with Crippen molar-refractivity contribution in [3.63, 3.8) is 0 Å². The van der Waals surface area contributed by atoms with Gasteiger partial charge in [0.1, 0.15) is 0 Å². The van der Waals surface area contributed by atoms with E-state index in [1.165, 1.54) is 0 Å². The predicted molar refractivity (Wildman–Crippen MR) is 99.0 cm³/mol. The maximum atomic E-state index is 12.2. The molecule has 0 aromatic heterocycles. The van der Waals surface area contributed by atoms with Crippen LogP contribution in [0.1, 0.15) is 34.8 Å². The van der Waals surface area contributed by atoms with E-state index in [9.17, 15) is 9.59 Å². The number of rotatable bonds is 8. The molecule has 0 heterocycles. The molecular weight excluding hydrogens is 314 g/mol. The molecule has 0 aliphatic heterocycles. The van der Waals surface area contributed by atoms with Crippen LogP contribution in [0, 0.1) is 0 Å². The Morgan fingerprint density at radius 2 is 1.72 bits per heavy atom. The first kappa shape index (κ1) is 18.7. The first-order chi connectivity index (χ1) is 12.1. The van der Waals surface area contributed by atoms with Gasteiger partial charge in [0.15, 0.2) is 0 Å². The lowest BCUT2D eigenvalue weighted by atomic mass is 10.1. The summed E-state index contributed by atoms with van der Waals surface area (Å²) in [6, 6.07) is 16.3. The van der Waals surface area contributed by atoms with Crippen LogP contribution in [0.15, 0.2) is 54.6 Å². The van der Waals surface area contributed by atoms with Crippen LogP contribution in [-0.4, -0.2) is 24.4 Å². The highest BCUT2D eigenvalue weighted by Crippen LogP contribution is 2.06. The molecule has 0 unspecified atom stereocenters. The molecule has 2 aromatic carbocycles. The minimum atomic E-state index is -0.599. The Kier molecular flexibility index (Phi) is 7.16. The van der Waals surface area contributed by atoms with E-state index in [0.717, 1.165) is 17.5 Å². The lowest BCUT2D eigenvalue weighted by Crippen LogP contribution is -2.41. The summed E-state index contributed by atoms with van der Waals surface area (Å²) in [6.45, 7) is 3.00. The molecule has 0 saturated heterocycles. The first-order valence-corrected chi connectivity index (χ1v) is 8.54. The van der Waals surface area contributed by atoms with Crippen molar-refractivity contribution >= 4 is 11.8 Å². The summed E-state index contributed by atoms with van der Waals surface area (Å²) in [5.74, 6) is -0.305. The van der Waals surface area contributed by atoms with Gasteiger partial charge in [-0.05, 0) is 36.1 Å². The molecule has 2 rings (SSSR count). The third-order valence-electron chi connectivity index (χ3n) is 3.83. The number of nitrogens with two attached hydrogens (primary N) is 1. The Labute approximate surface area is 148 Å². The van der Waals surface area contributed by atoms with Crippen molar-refractivity contribution in [1.29, 1.82) is 0 Å². The van der Waals surface area contributed by atoms with Crippen molar-refractivity contribution in [3.05, 3.63) is 71.3 Å². The zero-order valence-electron chi connectivity index (χ0n) is 14.5. The minimum absolute atomic E-state index is 0.101. The second-order valence-electron chi connectivity index (χ2n) is 5.97. The molecule has 5 nitrogen and oxygen atoms in total. The predicted octanol–water partition coefficient (Wildman–Crippen LogP) is 2.01. The summed E-state index contributed by atoms with van der Waals surface area (Å²) in [4.78, 5) is 24.2. The number of hydrogen-bond donors (Lipinski definition) is 3.